The molecule has 3 nitrogen and oxygen atoms in total. The van der Waals surface area contributed by atoms with Crippen molar-refractivity contribution in [2.24, 2.45) is 0 Å². The number of hydrogen-bond donors (Lipinski definition) is 1. The van der Waals surface area contributed by atoms with E-state index in [0.29, 0.717) is 6.42 Å². The molecule has 126 valence electrons. The van der Waals surface area contributed by atoms with Crippen molar-refractivity contribution in [3.63, 3.8) is 0 Å². The van der Waals surface area contributed by atoms with Crippen molar-refractivity contribution in [2.75, 3.05) is 11.4 Å². The topological polar surface area (TPSA) is 36.4 Å². The third-order valence-corrected chi connectivity index (χ3v) is 4.83. The van der Waals surface area contributed by atoms with Gasteiger partial charge in [-0.3, -0.25) is 4.98 Å². The number of anilines is 1. The van der Waals surface area contributed by atoms with E-state index in [4.69, 9.17) is 0 Å². The Balaban J connectivity index is 1.93. The van der Waals surface area contributed by atoms with Gasteiger partial charge >= 0.3 is 0 Å². The predicted molar refractivity (Wildman–Crippen MR) is 98.9 cm³/mol. The summed E-state index contributed by atoms with van der Waals surface area (Å²) in [6.45, 7) is 5.16. The van der Waals surface area contributed by atoms with Crippen LogP contribution in [0.5, 0.6) is 0 Å². The van der Waals surface area contributed by atoms with Crippen molar-refractivity contribution in [2.45, 2.75) is 45.1 Å². The van der Waals surface area contributed by atoms with Crippen LogP contribution in [-0.2, 0) is 12.0 Å². The second-order valence-corrected chi connectivity index (χ2v) is 6.38. The summed E-state index contributed by atoms with van der Waals surface area (Å²) in [6.07, 6.45) is 7.53. The highest BCUT2D eigenvalue weighted by molar-refractivity contribution is 5.69. The number of aryl methyl sites for hydroxylation is 1. The van der Waals surface area contributed by atoms with Crippen molar-refractivity contribution in [3.05, 3.63) is 71.7 Å². The number of pyridine rings is 1. The summed E-state index contributed by atoms with van der Waals surface area (Å²) in [6, 6.07) is 14.2. The Bertz CT molecular complexity index is 711. The first-order chi connectivity index (χ1) is 11.7. The number of fused-ring (bicyclic) bond motifs is 1. The van der Waals surface area contributed by atoms with Crippen molar-refractivity contribution >= 4 is 5.69 Å². The Kier molecular flexibility index (Phi) is 5.00. The van der Waals surface area contributed by atoms with Gasteiger partial charge in [0, 0.05) is 29.7 Å². The molecule has 1 aromatic heterocycles. The molecule has 0 radical (unpaired) electrons. The van der Waals surface area contributed by atoms with E-state index in [1.54, 1.807) is 0 Å². The molecule has 1 aliphatic heterocycles. The van der Waals surface area contributed by atoms with E-state index in [1.165, 1.54) is 0 Å². The summed E-state index contributed by atoms with van der Waals surface area (Å²) in [5, 5.41) is 11.6. The van der Waals surface area contributed by atoms with Crippen LogP contribution in [0.15, 0.2) is 60.4 Å². The maximum atomic E-state index is 11.6. The van der Waals surface area contributed by atoms with E-state index >= 15 is 0 Å². The van der Waals surface area contributed by atoms with Gasteiger partial charge in [-0.2, -0.15) is 0 Å². The van der Waals surface area contributed by atoms with Crippen molar-refractivity contribution < 1.29 is 5.11 Å². The number of nitrogens with zero attached hydrogens (tertiary/aromatic N) is 2. The second-order valence-electron chi connectivity index (χ2n) is 6.38. The fraction of sp³-hybridized carbons (Fsp3) is 0.381. The lowest BCUT2D eigenvalue weighted by Gasteiger charge is -2.29. The summed E-state index contributed by atoms with van der Waals surface area (Å²) in [5.41, 5.74) is 3.25. The van der Waals surface area contributed by atoms with Crippen LogP contribution in [0.25, 0.3) is 0 Å². The maximum Gasteiger partial charge on any atom is 0.131 e. The number of aliphatic hydroxyl groups is 1. The lowest BCUT2D eigenvalue weighted by Crippen LogP contribution is -2.32. The highest BCUT2D eigenvalue weighted by Gasteiger charge is 2.44. The minimum absolute atomic E-state index is 0.642. The van der Waals surface area contributed by atoms with E-state index in [1.807, 2.05) is 37.4 Å². The predicted octanol–water partition coefficient (Wildman–Crippen LogP) is 4.43. The second kappa shape index (κ2) is 7.18. The fourth-order valence-electron chi connectivity index (χ4n) is 3.62. The molecule has 2 aromatic rings. The van der Waals surface area contributed by atoms with Crippen LogP contribution in [0.1, 0.15) is 44.4 Å². The van der Waals surface area contributed by atoms with Crippen LogP contribution in [0.4, 0.5) is 5.69 Å². The number of rotatable bonds is 6. The monoisotopic (exact) mass is 322 g/mol. The molecule has 0 spiro atoms. The summed E-state index contributed by atoms with van der Waals surface area (Å²) in [5.74, 6) is 0. The molecule has 0 amide bonds. The van der Waals surface area contributed by atoms with E-state index in [9.17, 15) is 5.11 Å². The van der Waals surface area contributed by atoms with Crippen LogP contribution in [-0.4, -0.2) is 16.6 Å². The van der Waals surface area contributed by atoms with Gasteiger partial charge in [-0.15, -0.1) is 0 Å². The molecular formula is C21H26N2O. The molecule has 2 heterocycles. The van der Waals surface area contributed by atoms with Crippen LogP contribution in [0.3, 0.4) is 0 Å². The first-order valence-electron chi connectivity index (χ1n) is 8.87. The Labute approximate surface area is 144 Å². The number of unbranched alkanes of at least 4 members (excludes halogenated alkanes) is 1. The summed E-state index contributed by atoms with van der Waals surface area (Å²) in [4.78, 5) is 6.69. The minimum atomic E-state index is -0.934. The fourth-order valence-corrected chi connectivity index (χ4v) is 3.62. The number of para-hydroxylation sites is 1. The van der Waals surface area contributed by atoms with Gasteiger partial charge in [-0.25, -0.2) is 0 Å². The highest BCUT2D eigenvalue weighted by atomic mass is 16.3. The SMILES string of the molecule is CC=C1N(CCCC)c2ccccc2C1(O)CCc1ccccn1. The molecule has 0 fully saturated rings. The van der Waals surface area contributed by atoms with E-state index in [2.05, 4.69) is 41.1 Å². The standard InChI is InChI=1S/C21H26N2O/c1-3-5-16-23-19-12-7-6-11-18(19)21(24,20(23)4-2)14-13-17-10-8-9-15-22-17/h4,6-12,15,24H,3,5,13-14,16H2,1-2H3. The van der Waals surface area contributed by atoms with Crippen LogP contribution < -0.4 is 4.90 Å². The van der Waals surface area contributed by atoms with E-state index in [-0.39, 0.29) is 0 Å². The lowest BCUT2D eigenvalue weighted by molar-refractivity contribution is 0.0712. The first kappa shape index (κ1) is 16.7. The van der Waals surface area contributed by atoms with Gasteiger partial charge in [0.05, 0.1) is 5.70 Å². The maximum absolute atomic E-state index is 11.6. The van der Waals surface area contributed by atoms with Gasteiger partial charge in [-0.05, 0) is 44.4 Å². The molecule has 0 aliphatic carbocycles. The molecule has 0 saturated heterocycles. The minimum Gasteiger partial charge on any atom is -0.379 e. The Morgan fingerprint density at radius 3 is 2.67 bits per heavy atom. The molecule has 3 rings (SSSR count). The molecule has 1 N–H and O–H groups in total. The summed E-state index contributed by atoms with van der Waals surface area (Å²) >= 11 is 0. The average molecular weight is 322 g/mol. The average Bonchev–Trinajstić information content (AvgIpc) is 2.88. The summed E-state index contributed by atoms with van der Waals surface area (Å²) in [7, 11) is 0. The molecule has 0 saturated carbocycles. The highest BCUT2D eigenvalue weighted by Crippen LogP contribution is 2.48. The normalized spacial score (nSPS) is 21.3. The number of hydrogen-bond acceptors (Lipinski definition) is 3. The smallest absolute Gasteiger partial charge is 0.131 e. The molecular weight excluding hydrogens is 296 g/mol. The van der Waals surface area contributed by atoms with Crippen molar-refractivity contribution in [1.29, 1.82) is 0 Å². The number of benzene rings is 1. The zero-order valence-corrected chi connectivity index (χ0v) is 14.6. The Hall–Kier alpha value is -2.13. The third kappa shape index (κ3) is 2.96. The zero-order chi connectivity index (χ0) is 17.0. The number of aromatic nitrogens is 1. The Morgan fingerprint density at radius 2 is 1.96 bits per heavy atom. The lowest BCUT2D eigenvalue weighted by atomic mass is 9.87. The van der Waals surface area contributed by atoms with Crippen LogP contribution >= 0.6 is 0 Å². The molecule has 1 aliphatic rings. The Morgan fingerprint density at radius 1 is 1.17 bits per heavy atom. The molecule has 24 heavy (non-hydrogen) atoms. The van der Waals surface area contributed by atoms with E-state index < -0.39 is 5.60 Å². The third-order valence-electron chi connectivity index (χ3n) is 4.83. The molecule has 3 heteroatoms. The van der Waals surface area contributed by atoms with Gasteiger partial charge in [0.1, 0.15) is 5.60 Å². The van der Waals surface area contributed by atoms with Crippen molar-refractivity contribution in [1.82, 2.24) is 4.98 Å². The van der Waals surface area contributed by atoms with Gasteiger partial charge in [0.25, 0.3) is 0 Å². The van der Waals surface area contributed by atoms with Gasteiger partial charge < -0.3 is 10.0 Å². The van der Waals surface area contributed by atoms with Gasteiger partial charge in [0.15, 0.2) is 0 Å². The van der Waals surface area contributed by atoms with E-state index in [0.717, 1.165) is 48.4 Å². The van der Waals surface area contributed by atoms with Crippen LogP contribution in [0.2, 0.25) is 0 Å². The zero-order valence-electron chi connectivity index (χ0n) is 14.6. The molecule has 0 bridgehead atoms. The first-order valence-corrected chi connectivity index (χ1v) is 8.87. The van der Waals surface area contributed by atoms with Crippen LogP contribution in [0, 0.1) is 0 Å². The van der Waals surface area contributed by atoms with Gasteiger partial charge in [0.2, 0.25) is 0 Å². The quantitative estimate of drug-likeness (QED) is 0.855. The number of allylic oxidation sites excluding steroid dienone is 1. The molecule has 1 unspecified atom stereocenters. The molecule has 1 atom stereocenters. The molecule has 1 aromatic carbocycles. The van der Waals surface area contributed by atoms with Crippen molar-refractivity contribution in [3.8, 4) is 0 Å². The summed E-state index contributed by atoms with van der Waals surface area (Å²) < 4.78 is 0. The largest absolute Gasteiger partial charge is 0.379 e. The van der Waals surface area contributed by atoms with Gasteiger partial charge in [-0.1, -0.05) is 43.7 Å².